The van der Waals surface area contributed by atoms with Crippen LogP contribution in [0.25, 0.3) is 22.2 Å². The normalized spacial score (nSPS) is 17.8. The number of nitrogens with zero attached hydrogens (tertiary/aromatic N) is 4. The van der Waals surface area contributed by atoms with E-state index in [4.69, 9.17) is 11.6 Å². The molecular weight excluding hydrogens is 513 g/mol. The molecule has 0 spiro atoms. The molecule has 0 saturated carbocycles. The molecule has 3 heterocycles. The lowest BCUT2D eigenvalue weighted by atomic mass is 10.1. The zero-order valence-corrected chi connectivity index (χ0v) is 20.0. The van der Waals surface area contributed by atoms with Crippen LogP contribution in [-0.4, -0.2) is 49.6 Å². The number of alkyl halides is 3. The van der Waals surface area contributed by atoms with Gasteiger partial charge >= 0.3 is 6.18 Å². The highest BCUT2D eigenvalue weighted by atomic mass is 35.5. The van der Waals surface area contributed by atoms with E-state index in [-0.39, 0.29) is 17.6 Å². The summed E-state index contributed by atoms with van der Waals surface area (Å²) in [4.78, 5) is 24.0. The van der Waals surface area contributed by atoms with E-state index in [1.165, 1.54) is 13.0 Å². The fourth-order valence-corrected chi connectivity index (χ4v) is 4.42. The maximum Gasteiger partial charge on any atom is 0.417 e. The number of H-pyrrole nitrogens is 1. The Hall–Kier alpha value is -3.97. The average molecular weight is 533 g/mol. The molecule has 0 aliphatic carbocycles. The predicted molar refractivity (Wildman–Crippen MR) is 130 cm³/mol. The van der Waals surface area contributed by atoms with Crippen molar-refractivity contribution in [3.05, 3.63) is 53.2 Å². The molecule has 14 heteroatoms. The maximum absolute atomic E-state index is 13.1. The topological polar surface area (TPSA) is 130 Å². The number of hydrogen-bond donors (Lipinski definition) is 4. The fraction of sp³-hybridized carbons (Fsp3) is 0.261. The van der Waals surface area contributed by atoms with Crippen LogP contribution < -0.4 is 16.0 Å². The van der Waals surface area contributed by atoms with Crippen LogP contribution in [0.2, 0.25) is 5.02 Å². The Bertz CT molecular complexity index is 1500. The van der Waals surface area contributed by atoms with Crippen molar-refractivity contribution in [1.82, 2.24) is 30.5 Å². The molecule has 1 saturated heterocycles. The molecule has 192 valence electrons. The van der Waals surface area contributed by atoms with Crippen LogP contribution in [0.4, 0.5) is 24.7 Å². The Kier molecular flexibility index (Phi) is 6.33. The molecule has 4 N–H and O–H groups in total. The molecule has 0 bridgehead atoms. The van der Waals surface area contributed by atoms with Gasteiger partial charge in [-0.3, -0.25) is 14.7 Å². The number of nitrogens with one attached hydrogen (secondary N) is 4. The van der Waals surface area contributed by atoms with E-state index in [0.717, 1.165) is 23.1 Å². The molecule has 2 aromatic carbocycles. The van der Waals surface area contributed by atoms with Crippen molar-refractivity contribution in [2.24, 2.45) is 0 Å². The van der Waals surface area contributed by atoms with Gasteiger partial charge in [0.15, 0.2) is 5.82 Å². The number of rotatable bonds is 5. The third-order valence-electron chi connectivity index (χ3n) is 6.00. The lowest BCUT2D eigenvalue weighted by molar-refractivity contribution is -0.137. The molecule has 2 aromatic heterocycles. The first-order chi connectivity index (χ1) is 17.6. The summed E-state index contributed by atoms with van der Waals surface area (Å²) >= 11 is 5.64. The van der Waals surface area contributed by atoms with Gasteiger partial charge in [-0.1, -0.05) is 22.9 Å². The minimum absolute atomic E-state index is 0.00544. The van der Waals surface area contributed by atoms with E-state index in [9.17, 15) is 22.8 Å². The Labute approximate surface area is 212 Å². The van der Waals surface area contributed by atoms with Gasteiger partial charge in [-0.25, -0.2) is 4.68 Å². The van der Waals surface area contributed by atoms with Gasteiger partial charge in [0.25, 0.3) is 0 Å². The van der Waals surface area contributed by atoms with Crippen molar-refractivity contribution in [2.45, 2.75) is 31.6 Å². The third kappa shape index (κ3) is 5.13. The van der Waals surface area contributed by atoms with Gasteiger partial charge in [-0.05, 0) is 36.8 Å². The molecule has 0 radical (unpaired) electrons. The summed E-state index contributed by atoms with van der Waals surface area (Å²) in [5.41, 5.74) is 1.09. The number of benzene rings is 2. The molecule has 5 rings (SSSR count). The largest absolute Gasteiger partial charge is 0.417 e. The Balaban J connectivity index is 1.25. The summed E-state index contributed by atoms with van der Waals surface area (Å²) in [6.07, 6.45) is -2.50. The van der Waals surface area contributed by atoms with Crippen molar-refractivity contribution >= 4 is 45.8 Å². The molecule has 2 unspecified atom stereocenters. The third-order valence-corrected chi connectivity index (χ3v) is 6.33. The molecule has 1 aliphatic rings. The average Bonchev–Trinajstić information content (AvgIpc) is 3.59. The van der Waals surface area contributed by atoms with E-state index in [1.807, 2.05) is 18.2 Å². The molecular formula is C23H20ClF3N8O2. The van der Waals surface area contributed by atoms with Crippen molar-refractivity contribution in [3.8, 4) is 11.3 Å². The molecule has 1 fully saturated rings. The standard InChI is InChI=1S/C23H20ClF3N8O2/c1-11(36)29-21-15-4-2-12(6-18(15)31-33-21)20-10-35(34-32-20)14-8-19(28-9-14)22(37)30-13-3-5-17(24)16(7-13)23(25,26)27/h2-7,10,14,19,28H,8-9H2,1H3,(H,30,37)(H2,29,31,33,36). The first kappa shape index (κ1) is 24.7. The van der Waals surface area contributed by atoms with E-state index < -0.39 is 28.7 Å². The minimum atomic E-state index is -4.63. The summed E-state index contributed by atoms with van der Waals surface area (Å²) in [5.74, 6) is -0.248. The lowest BCUT2D eigenvalue weighted by Gasteiger charge is -2.14. The number of carbonyl (C=O) groups excluding carboxylic acids is 2. The Morgan fingerprint density at radius 3 is 2.73 bits per heavy atom. The Morgan fingerprint density at radius 2 is 1.97 bits per heavy atom. The molecule has 2 atom stereocenters. The van der Waals surface area contributed by atoms with Gasteiger partial charge in [0.1, 0.15) is 5.69 Å². The minimum Gasteiger partial charge on any atom is -0.325 e. The van der Waals surface area contributed by atoms with Crippen LogP contribution in [0.15, 0.2) is 42.6 Å². The van der Waals surface area contributed by atoms with Crippen LogP contribution in [-0.2, 0) is 15.8 Å². The zero-order valence-electron chi connectivity index (χ0n) is 19.2. The molecule has 4 aromatic rings. The van der Waals surface area contributed by atoms with Crippen LogP contribution in [0, 0.1) is 0 Å². The lowest BCUT2D eigenvalue weighted by Crippen LogP contribution is -2.35. The monoisotopic (exact) mass is 532 g/mol. The van der Waals surface area contributed by atoms with Gasteiger partial charge in [-0.2, -0.15) is 18.3 Å². The van der Waals surface area contributed by atoms with Gasteiger partial charge in [0.05, 0.1) is 34.4 Å². The van der Waals surface area contributed by atoms with Gasteiger partial charge in [-0.15, -0.1) is 5.10 Å². The van der Waals surface area contributed by atoms with E-state index >= 15 is 0 Å². The fourth-order valence-electron chi connectivity index (χ4n) is 4.20. The number of halogens is 4. The number of carbonyl (C=O) groups is 2. The summed E-state index contributed by atoms with van der Waals surface area (Å²) < 4.78 is 41.0. The van der Waals surface area contributed by atoms with Crippen molar-refractivity contribution in [1.29, 1.82) is 0 Å². The number of fused-ring (bicyclic) bond motifs is 1. The van der Waals surface area contributed by atoms with Crippen LogP contribution in [0.3, 0.4) is 0 Å². The molecule has 1 aliphatic heterocycles. The SMILES string of the molecule is CC(=O)Nc1n[nH]c2cc(-c3cn(C4CNC(C(=O)Nc5ccc(Cl)c(C(F)(F)F)c5)C4)nn3)ccc12. The maximum atomic E-state index is 13.1. The number of amides is 2. The number of hydrogen-bond acceptors (Lipinski definition) is 6. The Morgan fingerprint density at radius 1 is 1.16 bits per heavy atom. The number of aromatic amines is 1. The summed E-state index contributed by atoms with van der Waals surface area (Å²) in [6.45, 7) is 1.83. The molecule has 10 nitrogen and oxygen atoms in total. The highest BCUT2D eigenvalue weighted by Gasteiger charge is 2.34. The number of aromatic nitrogens is 5. The molecule has 37 heavy (non-hydrogen) atoms. The second-order valence-corrected chi connectivity index (χ2v) is 9.04. The second-order valence-electron chi connectivity index (χ2n) is 8.63. The van der Waals surface area contributed by atoms with Gasteiger partial charge < -0.3 is 16.0 Å². The zero-order chi connectivity index (χ0) is 26.3. The highest BCUT2D eigenvalue weighted by Crippen LogP contribution is 2.36. The van der Waals surface area contributed by atoms with E-state index in [2.05, 4.69) is 36.5 Å². The predicted octanol–water partition coefficient (Wildman–Crippen LogP) is 3.99. The summed E-state index contributed by atoms with van der Waals surface area (Å²) in [6, 6.07) is 7.91. The number of anilines is 2. The van der Waals surface area contributed by atoms with E-state index in [0.29, 0.717) is 30.0 Å². The van der Waals surface area contributed by atoms with Crippen LogP contribution >= 0.6 is 11.6 Å². The smallest absolute Gasteiger partial charge is 0.325 e. The highest BCUT2D eigenvalue weighted by molar-refractivity contribution is 6.31. The second kappa shape index (κ2) is 9.48. The van der Waals surface area contributed by atoms with Crippen molar-refractivity contribution in [3.63, 3.8) is 0 Å². The van der Waals surface area contributed by atoms with Crippen LogP contribution in [0.5, 0.6) is 0 Å². The van der Waals surface area contributed by atoms with Crippen molar-refractivity contribution < 1.29 is 22.8 Å². The van der Waals surface area contributed by atoms with Crippen molar-refractivity contribution in [2.75, 3.05) is 17.2 Å². The quantitative estimate of drug-likeness (QED) is 0.307. The first-order valence-corrected chi connectivity index (χ1v) is 11.5. The molecule has 2 amide bonds. The van der Waals surface area contributed by atoms with Gasteiger partial charge in [0.2, 0.25) is 11.8 Å². The first-order valence-electron chi connectivity index (χ1n) is 11.2. The van der Waals surface area contributed by atoms with Gasteiger partial charge in [0, 0.05) is 30.1 Å². The van der Waals surface area contributed by atoms with E-state index in [1.54, 1.807) is 10.9 Å². The summed E-state index contributed by atoms with van der Waals surface area (Å²) in [5, 5.41) is 24.0. The van der Waals surface area contributed by atoms with Crippen LogP contribution in [0.1, 0.15) is 24.9 Å². The summed E-state index contributed by atoms with van der Waals surface area (Å²) in [7, 11) is 0.